The van der Waals surface area contributed by atoms with Crippen molar-refractivity contribution in [2.45, 2.75) is 59.3 Å². The van der Waals surface area contributed by atoms with Gasteiger partial charge in [0.05, 0.1) is 5.92 Å². The molecule has 1 rings (SSSR count). The number of hydrogen-bond donors (Lipinski definition) is 0. The fraction of sp³-hybridized carbons (Fsp3) is 0.625. The van der Waals surface area contributed by atoms with Crippen molar-refractivity contribution in [3.8, 4) is 0 Å². The molecule has 2 heteroatoms. The summed E-state index contributed by atoms with van der Waals surface area (Å²) in [4.78, 5) is 23.3. The number of carbonyl (C=O) groups is 2. The standard InChI is InChI=1S/C16H24O2/c1-12(2)6-4-7-13(3)10-11-14-15(17)8-5-9-16(14)18/h6,10,14H,4-5,7-9,11H2,1-3H3/b13-10+. The Bertz CT molecular complexity index is 355. The maximum atomic E-state index is 11.7. The maximum Gasteiger partial charge on any atom is 0.143 e. The minimum absolute atomic E-state index is 0.139. The van der Waals surface area contributed by atoms with Crippen LogP contribution in [0.25, 0.3) is 0 Å². The van der Waals surface area contributed by atoms with Crippen LogP contribution in [0.4, 0.5) is 0 Å². The van der Waals surface area contributed by atoms with E-state index in [0.29, 0.717) is 19.3 Å². The minimum atomic E-state index is -0.350. The Balaban J connectivity index is 2.44. The highest BCUT2D eigenvalue weighted by molar-refractivity contribution is 6.04. The van der Waals surface area contributed by atoms with Crippen molar-refractivity contribution in [3.05, 3.63) is 23.3 Å². The van der Waals surface area contributed by atoms with Gasteiger partial charge in [-0.3, -0.25) is 9.59 Å². The monoisotopic (exact) mass is 248 g/mol. The molecule has 0 aromatic heterocycles. The van der Waals surface area contributed by atoms with Gasteiger partial charge >= 0.3 is 0 Å². The smallest absolute Gasteiger partial charge is 0.143 e. The quantitative estimate of drug-likeness (QED) is 0.544. The zero-order valence-electron chi connectivity index (χ0n) is 11.8. The van der Waals surface area contributed by atoms with Crippen molar-refractivity contribution in [2.75, 3.05) is 0 Å². The topological polar surface area (TPSA) is 34.1 Å². The maximum absolute atomic E-state index is 11.7. The lowest BCUT2D eigenvalue weighted by atomic mass is 9.84. The van der Waals surface area contributed by atoms with Gasteiger partial charge in [-0.1, -0.05) is 23.3 Å². The summed E-state index contributed by atoms with van der Waals surface area (Å²) < 4.78 is 0. The summed E-state index contributed by atoms with van der Waals surface area (Å²) in [7, 11) is 0. The van der Waals surface area contributed by atoms with E-state index in [-0.39, 0.29) is 17.5 Å². The van der Waals surface area contributed by atoms with Crippen LogP contribution in [0.5, 0.6) is 0 Å². The molecule has 0 atom stereocenters. The molecule has 18 heavy (non-hydrogen) atoms. The molecule has 0 saturated heterocycles. The Morgan fingerprint density at radius 1 is 1.11 bits per heavy atom. The molecule has 0 unspecified atom stereocenters. The first-order valence-electron chi connectivity index (χ1n) is 6.85. The number of ketones is 2. The second-order valence-corrected chi connectivity index (χ2v) is 5.45. The Morgan fingerprint density at radius 3 is 2.28 bits per heavy atom. The summed E-state index contributed by atoms with van der Waals surface area (Å²) in [5.41, 5.74) is 2.61. The van der Waals surface area contributed by atoms with Crippen LogP contribution in [0.15, 0.2) is 23.3 Å². The molecule has 0 heterocycles. The van der Waals surface area contributed by atoms with Crippen LogP contribution in [0, 0.1) is 5.92 Å². The minimum Gasteiger partial charge on any atom is -0.299 e. The van der Waals surface area contributed by atoms with Crippen LogP contribution in [0.1, 0.15) is 59.3 Å². The molecular formula is C16H24O2. The highest BCUT2D eigenvalue weighted by Gasteiger charge is 2.28. The van der Waals surface area contributed by atoms with E-state index in [4.69, 9.17) is 0 Å². The van der Waals surface area contributed by atoms with Crippen molar-refractivity contribution in [3.63, 3.8) is 0 Å². The van der Waals surface area contributed by atoms with E-state index in [1.54, 1.807) is 0 Å². The molecule has 0 aromatic rings. The van der Waals surface area contributed by atoms with Gasteiger partial charge in [0.2, 0.25) is 0 Å². The first-order chi connectivity index (χ1) is 8.50. The van der Waals surface area contributed by atoms with E-state index in [1.165, 1.54) is 11.1 Å². The number of rotatable bonds is 5. The molecular weight excluding hydrogens is 224 g/mol. The van der Waals surface area contributed by atoms with Crippen molar-refractivity contribution in [1.29, 1.82) is 0 Å². The van der Waals surface area contributed by atoms with E-state index >= 15 is 0 Å². The summed E-state index contributed by atoms with van der Waals surface area (Å²) in [6, 6.07) is 0. The van der Waals surface area contributed by atoms with Crippen LogP contribution in [-0.4, -0.2) is 11.6 Å². The average Bonchev–Trinajstić information content (AvgIpc) is 2.27. The van der Waals surface area contributed by atoms with E-state index in [0.717, 1.165) is 19.3 Å². The van der Waals surface area contributed by atoms with Gasteiger partial charge < -0.3 is 0 Å². The molecule has 0 spiro atoms. The molecule has 2 nitrogen and oxygen atoms in total. The Hall–Kier alpha value is -1.18. The first kappa shape index (κ1) is 14.9. The van der Waals surface area contributed by atoms with Crippen LogP contribution < -0.4 is 0 Å². The largest absolute Gasteiger partial charge is 0.299 e. The lowest BCUT2D eigenvalue weighted by molar-refractivity contribution is -0.135. The summed E-state index contributed by atoms with van der Waals surface area (Å²) in [6.45, 7) is 6.27. The number of hydrogen-bond acceptors (Lipinski definition) is 2. The van der Waals surface area contributed by atoms with E-state index < -0.39 is 0 Å². The van der Waals surface area contributed by atoms with Crippen LogP contribution >= 0.6 is 0 Å². The molecule has 100 valence electrons. The summed E-state index contributed by atoms with van der Waals surface area (Å²) in [5, 5.41) is 0. The van der Waals surface area contributed by atoms with Gasteiger partial charge in [0, 0.05) is 12.8 Å². The third-order valence-corrected chi connectivity index (χ3v) is 3.42. The van der Waals surface area contributed by atoms with Crippen molar-refractivity contribution in [2.24, 2.45) is 5.92 Å². The lowest BCUT2D eigenvalue weighted by Gasteiger charge is -2.17. The molecule has 1 aliphatic rings. The molecule has 0 N–H and O–H groups in total. The molecule has 0 bridgehead atoms. The lowest BCUT2D eigenvalue weighted by Crippen LogP contribution is -2.28. The number of carbonyl (C=O) groups excluding carboxylic acids is 2. The number of Topliss-reactive ketones (excluding diaryl/α,β-unsaturated/α-hetero) is 2. The molecule has 0 aliphatic heterocycles. The van der Waals surface area contributed by atoms with Gasteiger partial charge in [-0.25, -0.2) is 0 Å². The van der Waals surface area contributed by atoms with Crippen LogP contribution in [0.2, 0.25) is 0 Å². The SMILES string of the molecule is CC(C)=CCC/C(C)=C/CC1C(=O)CCCC1=O. The van der Waals surface area contributed by atoms with Gasteiger partial charge in [0.25, 0.3) is 0 Å². The molecule has 0 aromatic carbocycles. The van der Waals surface area contributed by atoms with Gasteiger partial charge in [-0.15, -0.1) is 0 Å². The first-order valence-corrected chi connectivity index (χ1v) is 6.85. The van der Waals surface area contributed by atoms with E-state index in [2.05, 4.69) is 32.9 Å². The zero-order chi connectivity index (χ0) is 13.5. The molecule has 1 aliphatic carbocycles. The highest BCUT2D eigenvalue weighted by Crippen LogP contribution is 2.21. The van der Waals surface area contributed by atoms with Gasteiger partial charge in [0.15, 0.2) is 0 Å². The third-order valence-electron chi connectivity index (χ3n) is 3.42. The van der Waals surface area contributed by atoms with E-state index in [9.17, 15) is 9.59 Å². The fourth-order valence-electron chi connectivity index (χ4n) is 2.24. The van der Waals surface area contributed by atoms with E-state index in [1.807, 2.05) is 0 Å². The Kier molecular flexibility index (Phi) is 6.03. The predicted molar refractivity (Wildman–Crippen MR) is 74.4 cm³/mol. The van der Waals surface area contributed by atoms with Crippen LogP contribution in [-0.2, 0) is 9.59 Å². The molecule has 0 amide bonds. The third kappa shape index (κ3) is 4.99. The van der Waals surface area contributed by atoms with Gasteiger partial charge in [-0.05, 0) is 46.5 Å². The summed E-state index contributed by atoms with van der Waals surface area (Å²) in [5.74, 6) is -0.0728. The summed E-state index contributed by atoms with van der Waals surface area (Å²) >= 11 is 0. The summed E-state index contributed by atoms with van der Waals surface area (Å²) in [6.07, 6.45) is 8.87. The average molecular weight is 248 g/mol. The molecule has 0 radical (unpaired) electrons. The second-order valence-electron chi connectivity index (χ2n) is 5.45. The van der Waals surface area contributed by atoms with Gasteiger partial charge in [-0.2, -0.15) is 0 Å². The highest BCUT2D eigenvalue weighted by atomic mass is 16.2. The fourth-order valence-corrected chi connectivity index (χ4v) is 2.24. The number of allylic oxidation sites excluding steroid dienone is 4. The Morgan fingerprint density at radius 2 is 1.72 bits per heavy atom. The molecule has 1 saturated carbocycles. The second kappa shape index (κ2) is 7.30. The Labute approximate surface area is 110 Å². The van der Waals surface area contributed by atoms with Crippen molar-refractivity contribution < 1.29 is 9.59 Å². The zero-order valence-corrected chi connectivity index (χ0v) is 11.8. The van der Waals surface area contributed by atoms with Crippen molar-refractivity contribution in [1.82, 2.24) is 0 Å². The van der Waals surface area contributed by atoms with Crippen molar-refractivity contribution >= 4 is 11.6 Å². The van der Waals surface area contributed by atoms with Crippen LogP contribution in [0.3, 0.4) is 0 Å². The normalized spacial score (nSPS) is 18.1. The molecule has 1 fully saturated rings. The van der Waals surface area contributed by atoms with Gasteiger partial charge in [0.1, 0.15) is 11.6 Å². The predicted octanol–water partition coefficient (Wildman–Crippen LogP) is 4.01.